The van der Waals surface area contributed by atoms with Crippen LogP contribution in [0.5, 0.6) is 0 Å². The third-order valence-electron chi connectivity index (χ3n) is 4.46. The van der Waals surface area contributed by atoms with E-state index in [2.05, 4.69) is 5.32 Å². The van der Waals surface area contributed by atoms with Gasteiger partial charge >= 0.3 is 5.97 Å². The molecule has 24 heavy (non-hydrogen) atoms. The Hall–Kier alpha value is -2.62. The van der Waals surface area contributed by atoms with Crippen LogP contribution in [-0.4, -0.2) is 18.0 Å². The highest BCUT2D eigenvalue weighted by Crippen LogP contribution is 2.34. The maximum absolute atomic E-state index is 12.5. The van der Waals surface area contributed by atoms with E-state index in [4.69, 9.17) is 4.74 Å². The third kappa shape index (κ3) is 3.32. The van der Waals surface area contributed by atoms with Crippen molar-refractivity contribution in [2.24, 2.45) is 0 Å². The van der Waals surface area contributed by atoms with Gasteiger partial charge < -0.3 is 10.1 Å². The van der Waals surface area contributed by atoms with Crippen molar-refractivity contribution in [3.63, 3.8) is 0 Å². The fourth-order valence-electron chi connectivity index (χ4n) is 3.19. The lowest BCUT2D eigenvalue weighted by atomic mass is 10.0. The molecule has 1 amide bonds. The molecule has 0 aliphatic heterocycles. The summed E-state index contributed by atoms with van der Waals surface area (Å²) in [4.78, 5) is 24.1. The SMILES string of the molecule is CC(=O)N[C@@H]1c2ccccc2C[C@@H]1OC(=O)C(C)c1ccccc1. The number of carbonyl (C=O) groups excluding carboxylic acids is 2. The van der Waals surface area contributed by atoms with Gasteiger partial charge in [-0.1, -0.05) is 54.6 Å². The highest BCUT2D eigenvalue weighted by atomic mass is 16.5. The number of benzene rings is 2. The predicted molar refractivity (Wildman–Crippen MR) is 91.4 cm³/mol. The molecule has 0 radical (unpaired) electrons. The van der Waals surface area contributed by atoms with Crippen LogP contribution in [0.4, 0.5) is 0 Å². The number of rotatable bonds is 4. The Bertz CT molecular complexity index is 742. The lowest BCUT2D eigenvalue weighted by Crippen LogP contribution is -2.35. The van der Waals surface area contributed by atoms with Crippen molar-refractivity contribution in [3.05, 3.63) is 71.3 Å². The second kappa shape index (κ2) is 6.87. The largest absolute Gasteiger partial charge is 0.459 e. The van der Waals surface area contributed by atoms with Crippen molar-refractivity contribution in [3.8, 4) is 0 Å². The number of fused-ring (bicyclic) bond motifs is 1. The minimum Gasteiger partial charge on any atom is -0.459 e. The maximum atomic E-state index is 12.5. The van der Waals surface area contributed by atoms with Crippen LogP contribution >= 0.6 is 0 Å². The average Bonchev–Trinajstić information content (AvgIpc) is 2.92. The monoisotopic (exact) mass is 323 g/mol. The molecule has 1 unspecified atom stereocenters. The third-order valence-corrected chi connectivity index (χ3v) is 4.46. The standard InChI is InChI=1S/C20H21NO3/c1-13(15-8-4-3-5-9-15)20(23)24-18-12-16-10-6-7-11-17(16)19(18)21-14(2)22/h3-11,13,18-19H,12H2,1-2H3,(H,21,22)/t13?,18-,19+/m0/s1. The Morgan fingerprint density at radius 2 is 1.75 bits per heavy atom. The van der Waals surface area contributed by atoms with Crippen molar-refractivity contribution in [2.45, 2.75) is 38.3 Å². The fourth-order valence-corrected chi connectivity index (χ4v) is 3.19. The topological polar surface area (TPSA) is 55.4 Å². The zero-order chi connectivity index (χ0) is 17.1. The first kappa shape index (κ1) is 16.2. The summed E-state index contributed by atoms with van der Waals surface area (Å²) in [5, 5.41) is 2.92. The number of hydrogen-bond acceptors (Lipinski definition) is 3. The van der Waals surface area contributed by atoms with Crippen LogP contribution in [0.3, 0.4) is 0 Å². The number of hydrogen-bond donors (Lipinski definition) is 1. The Balaban J connectivity index is 1.76. The molecule has 0 aromatic heterocycles. The summed E-state index contributed by atoms with van der Waals surface area (Å²) in [7, 11) is 0. The van der Waals surface area contributed by atoms with E-state index in [0.29, 0.717) is 6.42 Å². The van der Waals surface area contributed by atoms with Gasteiger partial charge in [-0.25, -0.2) is 0 Å². The second-order valence-electron chi connectivity index (χ2n) is 6.19. The average molecular weight is 323 g/mol. The summed E-state index contributed by atoms with van der Waals surface area (Å²) in [6.07, 6.45) is 0.249. The van der Waals surface area contributed by atoms with Crippen molar-refractivity contribution in [1.82, 2.24) is 5.32 Å². The molecule has 4 nitrogen and oxygen atoms in total. The van der Waals surface area contributed by atoms with Gasteiger partial charge in [0.15, 0.2) is 0 Å². The molecule has 3 atom stereocenters. The van der Waals surface area contributed by atoms with Gasteiger partial charge in [0.2, 0.25) is 5.91 Å². The summed E-state index contributed by atoms with van der Waals surface area (Å²) in [5.41, 5.74) is 3.06. The van der Waals surface area contributed by atoms with Crippen LogP contribution in [0.2, 0.25) is 0 Å². The normalized spacial score (nSPS) is 20.1. The van der Waals surface area contributed by atoms with Crippen LogP contribution in [0, 0.1) is 0 Å². The summed E-state index contributed by atoms with van der Waals surface area (Å²) in [6, 6.07) is 17.2. The molecule has 2 aromatic carbocycles. The maximum Gasteiger partial charge on any atom is 0.313 e. The van der Waals surface area contributed by atoms with E-state index in [1.807, 2.05) is 61.5 Å². The summed E-state index contributed by atoms with van der Waals surface area (Å²) in [5.74, 6) is -0.740. The molecule has 4 heteroatoms. The molecule has 0 heterocycles. The Morgan fingerprint density at radius 3 is 2.46 bits per heavy atom. The first-order valence-corrected chi connectivity index (χ1v) is 8.16. The summed E-state index contributed by atoms with van der Waals surface area (Å²) >= 11 is 0. The van der Waals surface area contributed by atoms with E-state index < -0.39 is 0 Å². The first-order valence-electron chi connectivity index (χ1n) is 8.16. The molecule has 1 aliphatic carbocycles. The molecular weight excluding hydrogens is 302 g/mol. The van der Waals surface area contributed by atoms with E-state index in [9.17, 15) is 9.59 Å². The first-order chi connectivity index (χ1) is 11.6. The van der Waals surface area contributed by atoms with Gasteiger partial charge in [0.05, 0.1) is 12.0 Å². The van der Waals surface area contributed by atoms with Gasteiger partial charge in [-0.15, -0.1) is 0 Å². The van der Waals surface area contributed by atoms with E-state index in [0.717, 1.165) is 16.7 Å². The molecule has 1 aliphatic rings. The van der Waals surface area contributed by atoms with Crippen LogP contribution in [-0.2, 0) is 20.7 Å². The van der Waals surface area contributed by atoms with E-state index in [1.165, 1.54) is 6.92 Å². The van der Waals surface area contributed by atoms with Crippen LogP contribution in [0.1, 0.15) is 42.5 Å². The fraction of sp³-hybridized carbons (Fsp3) is 0.300. The summed E-state index contributed by atoms with van der Waals surface area (Å²) < 4.78 is 5.77. The van der Waals surface area contributed by atoms with Gasteiger partial charge in [-0.3, -0.25) is 9.59 Å². The molecule has 1 N–H and O–H groups in total. The van der Waals surface area contributed by atoms with Crippen LogP contribution in [0.25, 0.3) is 0 Å². The number of ether oxygens (including phenoxy) is 1. The quantitative estimate of drug-likeness (QED) is 0.880. The van der Waals surface area contributed by atoms with Gasteiger partial charge in [0, 0.05) is 13.3 Å². The van der Waals surface area contributed by atoms with Crippen molar-refractivity contribution in [1.29, 1.82) is 0 Å². The lowest BCUT2D eigenvalue weighted by molar-refractivity contribution is -0.152. The summed E-state index contributed by atoms with van der Waals surface area (Å²) in [6.45, 7) is 3.32. The molecule has 3 rings (SSSR count). The highest BCUT2D eigenvalue weighted by molar-refractivity contribution is 5.78. The van der Waals surface area contributed by atoms with Crippen LogP contribution < -0.4 is 5.32 Å². The van der Waals surface area contributed by atoms with Gasteiger partial charge in [-0.05, 0) is 23.6 Å². The zero-order valence-electron chi connectivity index (χ0n) is 13.9. The molecule has 2 aromatic rings. The molecule has 0 bridgehead atoms. The molecule has 0 saturated carbocycles. The molecule has 124 valence electrons. The smallest absolute Gasteiger partial charge is 0.313 e. The molecule has 0 fully saturated rings. The van der Waals surface area contributed by atoms with E-state index in [1.54, 1.807) is 0 Å². The molecule has 0 saturated heterocycles. The molecular formula is C20H21NO3. The second-order valence-corrected chi connectivity index (χ2v) is 6.19. The number of amides is 1. The number of carbonyl (C=O) groups is 2. The Morgan fingerprint density at radius 1 is 1.08 bits per heavy atom. The van der Waals surface area contributed by atoms with Crippen molar-refractivity contribution >= 4 is 11.9 Å². The lowest BCUT2D eigenvalue weighted by Gasteiger charge is -2.23. The van der Waals surface area contributed by atoms with Gasteiger partial charge in [-0.2, -0.15) is 0 Å². The van der Waals surface area contributed by atoms with E-state index >= 15 is 0 Å². The minimum atomic E-state index is -0.370. The minimum absolute atomic E-state index is 0.131. The van der Waals surface area contributed by atoms with Crippen molar-refractivity contribution < 1.29 is 14.3 Å². The number of esters is 1. The number of nitrogens with one attached hydrogen (secondary N) is 1. The van der Waals surface area contributed by atoms with Crippen molar-refractivity contribution in [2.75, 3.05) is 0 Å². The van der Waals surface area contributed by atoms with Gasteiger partial charge in [0.1, 0.15) is 6.10 Å². The highest BCUT2D eigenvalue weighted by Gasteiger charge is 2.36. The zero-order valence-corrected chi connectivity index (χ0v) is 13.9. The van der Waals surface area contributed by atoms with Crippen LogP contribution in [0.15, 0.2) is 54.6 Å². The Labute approximate surface area is 141 Å². The predicted octanol–water partition coefficient (Wildman–Crippen LogP) is 3.14. The van der Waals surface area contributed by atoms with Gasteiger partial charge in [0.25, 0.3) is 0 Å². The van der Waals surface area contributed by atoms with E-state index in [-0.39, 0.29) is 29.9 Å². The Kier molecular flexibility index (Phi) is 4.65. The molecule has 0 spiro atoms.